The molecule has 2 atom stereocenters. The van der Waals surface area contributed by atoms with E-state index in [2.05, 4.69) is 0 Å². The number of amides is 1. The van der Waals surface area contributed by atoms with Crippen LogP contribution in [-0.2, 0) is 14.3 Å². The molecule has 1 aliphatic heterocycles. The Labute approximate surface area is 90.5 Å². The molecule has 0 spiro atoms. The lowest BCUT2D eigenvalue weighted by Gasteiger charge is -2.28. The average Bonchev–Trinajstić information content (AvgIpc) is 2.29. The molecule has 1 heterocycles. The number of hydrogen-bond donors (Lipinski definition) is 1. The Morgan fingerprint density at radius 3 is 2.87 bits per heavy atom. The fraction of sp³-hybridized carbons (Fsp3) is 0.900. The molecule has 88 valence electrons. The van der Waals surface area contributed by atoms with Crippen molar-refractivity contribution >= 4 is 5.91 Å². The van der Waals surface area contributed by atoms with E-state index < -0.39 is 6.10 Å². The van der Waals surface area contributed by atoms with Crippen molar-refractivity contribution in [3.05, 3.63) is 0 Å². The summed E-state index contributed by atoms with van der Waals surface area (Å²) in [7, 11) is 1.77. The summed E-state index contributed by atoms with van der Waals surface area (Å²) in [5.74, 6) is 0.290. The smallest absolute Gasteiger partial charge is 0.253 e. The van der Waals surface area contributed by atoms with Crippen molar-refractivity contribution < 1.29 is 14.3 Å². The average molecular weight is 216 g/mol. The number of nitrogens with zero attached hydrogens (tertiary/aromatic N) is 1. The molecular weight excluding hydrogens is 196 g/mol. The first kappa shape index (κ1) is 12.4. The van der Waals surface area contributed by atoms with Gasteiger partial charge in [-0.05, 0) is 12.5 Å². The highest BCUT2D eigenvalue weighted by Gasteiger charge is 2.25. The van der Waals surface area contributed by atoms with E-state index in [1.165, 1.54) is 0 Å². The maximum absolute atomic E-state index is 11.8. The fourth-order valence-electron chi connectivity index (χ4n) is 1.51. The van der Waals surface area contributed by atoms with Gasteiger partial charge >= 0.3 is 0 Å². The molecule has 0 aromatic carbocycles. The lowest BCUT2D eigenvalue weighted by molar-refractivity contribution is -0.157. The lowest BCUT2D eigenvalue weighted by Crippen LogP contribution is -2.45. The predicted octanol–water partition coefficient (Wildman–Crippen LogP) is -0.545. The predicted molar refractivity (Wildman–Crippen MR) is 56.4 cm³/mol. The van der Waals surface area contributed by atoms with Crippen LogP contribution in [0.15, 0.2) is 0 Å². The van der Waals surface area contributed by atoms with E-state index in [0.717, 1.165) is 0 Å². The van der Waals surface area contributed by atoms with Crippen molar-refractivity contribution in [2.45, 2.75) is 13.0 Å². The summed E-state index contributed by atoms with van der Waals surface area (Å²) in [6, 6.07) is 0. The second kappa shape index (κ2) is 6.05. The van der Waals surface area contributed by atoms with Crippen LogP contribution < -0.4 is 5.73 Å². The molecule has 2 N–H and O–H groups in total. The monoisotopic (exact) mass is 216 g/mol. The van der Waals surface area contributed by atoms with Gasteiger partial charge in [0.1, 0.15) is 0 Å². The zero-order valence-corrected chi connectivity index (χ0v) is 9.44. The Bertz CT molecular complexity index is 205. The maximum atomic E-state index is 11.8. The number of rotatable bonds is 4. The number of likely N-dealkylation sites (N-methyl/N-ethyl adjacent to an activating group) is 1. The SMILES string of the molecule is CC(CN)CN(C)C(=O)C1COCCO1. The molecule has 0 radical (unpaired) electrons. The summed E-state index contributed by atoms with van der Waals surface area (Å²) in [4.78, 5) is 13.5. The molecule has 0 bridgehead atoms. The third kappa shape index (κ3) is 3.77. The van der Waals surface area contributed by atoms with Crippen LogP contribution in [0.2, 0.25) is 0 Å². The van der Waals surface area contributed by atoms with Gasteiger partial charge in [0.25, 0.3) is 5.91 Å². The number of nitrogens with two attached hydrogens (primary N) is 1. The van der Waals surface area contributed by atoms with Gasteiger partial charge in [0.2, 0.25) is 0 Å². The Hall–Kier alpha value is -0.650. The Kier molecular flexibility index (Phi) is 5.01. The van der Waals surface area contributed by atoms with Gasteiger partial charge in [-0.1, -0.05) is 6.92 Å². The van der Waals surface area contributed by atoms with E-state index in [1.54, 1.807) is 11.9 Å². The Morgan fingerprint density at radius 1 is 1.60 bits per heavy atom. The summed E-state index contributed by atoms with van der Waals surface area (Å²) >= 11 is 0. The van der Waals surface area contributed by atoms with Gasteiger partial charge in [0, 0.05) is 13.6 Å². The van der Waals surface area contributed by atoms with Gasteiger partial charge in [-0.3, -0.25) is 4.79 Å². The molecule has 1 aliphatic rings. The Morgan fingerprint density at radius 2 is 2.33 bits per heavy atom. The molecule has 1 rings (SSSR count). The molecule has 2 unspecified atom stereocenters. The van der Waals surface area contributed by atoms with Crippen LogP contribution >= 0.6 is 0 Å². The topological polar surface area (TPSA) is 64.8 Å². The highest BCUT2D eigenvalue weighted by atomic mass is 16.6. The largest absolute Gasteiger partial charge is 0.376 e. The van der Waals surface area contributed by atoms with Gasteiger partial charge in [0.15, 0.2) is 6.10 Å². The molecular formula is C10H20N2O3. The summed E-state index contributed by atoms with van der Waals surface area (Å²) in [6.07, 6.45) is -0.436. The molecule has 5 heteroatoms. The number of carbonyl (C=O) groups excluding carboxylic acids is 1. The fourth-order valence-corrected chi connectivity index (χ4v) is 1.51. The van der Waals surface area contributed by atoms with E-state index in [-0.39, 0.29) is 5.91 Å². The first-order valence-corrected chi connectivity index (χ1v) is 5.29. The summed E-state index contributed by atoms with van der Waals surface area (Å²) in [5, 5.41) is 0. The van der Waals surface area contributed by atoms with Gasteiger partial charge in [-0.15, -0.1) is 0 Å². The van der Waals surface area contributed by atoms with Crippen molar-refractivity contribution in [2.75, 3.05) is 40.0 Å². The second-order valence-corrected chi connectivity index (χ2v) is 3.99. The van der Waals surface area contributed by atoms with Crippen molar-refractivity contribution in [1.82, 2.24) is 4.90 Å². The van der Waals surface area contributed by atoms with Crippen LogP contribution in [0.3, 0.4) is 0 Å². The van der Waals surface area contributed by atoms with Gasteiger partial charge in [-0.25, -0.2) is 0 Å². The summed E-state index contributed by atoms with van der Waals surface area (Å²) < 4.78 is 10.5. The second-order valence-electron chi connectivity index (χ2n) is 3.99. The van der Waals surface area contributed by atoms with Crippen LogP contribution in [0.5, 0.6) is 0 Å². The molecule has 0 aliphatic carbocycles. The van der Waals surface area contributed by atoms with Gasteiger partial charge in [-0.2, -0.15) is 0 Å². The molecule has 15 heavy (non-hydrogen) atoms. The van der Waals surface area contributed by atoms with Crippen molar-refractivity contribution in [1.29, 1.82) is 0 Å². The summed E-state index contributed by atoms with van der Waals surface area (Å²) in [6.45, 7) is 4.69. The van der Waals surface area contributed by atoms with E-state index in [9.17, 15) is 4.79 Å². The van der Waals surface area contributed by atoms with E-state index in [4.69, 9.17) is 15.2 Å². The van der Waals surface area contributed by atoms with Gasteiger partial charge < -0.3 is 20.1 Å². The van der Waals surface area contributed by atoms with E-state index in [0.29, 0.717) is 38.8 Å². The summed E-state index contributed by atoms with van der Waals surface area (Å²) in [5.41, 5.74) is 5.51. The zero-order valence-electron chi connectivity index (χ0n) is 9.44. The molecule has 0 aromatic rings. The third-order valence-corrected chi connectivity index (χ3v) is 2.46. The minimum absolute atomic E-state index is 0.0185. The number of carbonyl (C=O) groups is 1. The molecule has 1 saturated heterocycles. The van der Waals surface area contributed by atoms with Crippen LogP contribution in [0.4, 0.5) is 0 Å². The maximum Gasteiger partial charge on any atom is 0.253 e. The highest BCUT2D eigenvalue weighted by molar-refractivity contribution is 5.80. The highest BCUT2D eigenvalue weighted by Crippen LogP contribution is 2.06. The van der Waals surface area contributed by atoms with Crippen molar-refractivity contribution in [3.8, 4) is 0 Å². The molecule has 1 fully saturated rings. The molecule has 0 aromatic heterocycles. The van der Waals surface area contributed by atoms with E-state index in [1.807, 2.05) is 6.92 Å². The van der Waals surface area contributed by atoms with Crippen LogP contribution in [0.25, 0.3) is 0 Å². The third-order valence-electron chi connectivity index (χ3n) is 2.46. The minimum atomic E-state index is -0.436. The van der Waals surface area contributed by atoms with Crippen LogP contribution in [0.1, 0.15) is 6.92 Å². The molecule has 5 nitrogen and oxygen atoms in total. The minimum Gasteiger partial charge on any atom is -0.376 e. The Balaban J connectivity index is 2.37. The van der Waals surface area contributed by atoms with Crippen LogP contribution in [0, 0.1) is 5.92 Å². The molecule has 0 saturated carbocycles. The lowest BCUT2D eigenvalue weighted by atomic mass is 10.1. The van der Waals surface area contributed by atoms with E-state index >= 15 is 0 Å². The van der Waals surface area contributed by atoms with Crippen LogP contribution in [-0.4, -0.2) is 56.9 Å². The zero-order chi connectivity index (χ0) is 11.3. The number of hydrogen-bond acceptors (Lipinski definition) is 4. The number of ether oxygens (including phenoxy) is 2. The first-order chi connectivity index (χ1) is 7.15. The quantitative estimate of drug-likeness (QED) is 0.685. The van der Waals surface area contributed by atoms with Crippen molar-refractivity contribution in [2.24, 2.45) is 11.7 Å². The van der Waals surface area contributed by atoms with Crippen molar-refractivity contribution in [3.63, 3.8) is 0 Å². The normalized spacial score (nSPS) is 23.5. The molecule has 1 amide bonds. The standard InChI is InChI=1S/C10H20N2O3/c1-8(5-11)6-12(2)10(13)9-7-14-3-4-15-9/h8-9H,3-7,11H2,1-2H3. The first-order valence-electron chi connectivity index (χ1n) is 5.29. The van der Waals surface area contributed by atoms with Gasteiger partial charge in [0.05, 0.1) is 19.8 Å².